The van der Waals surface area contributed by atoms with Gasteiger partial charge in [-0.25, -0.2) is 0 Å². The minimum atomic E-state index is -1.20. The number of hydrogen-bond acceptors (Lipinski definition) is 3. The van der Waals surface area contributed by atoms with Crippen molar-refractivity contribution in [2.45, 2.75) is 31.3 Å². The highest BCUT2D eigenvalue weighted by Crippen LogP contribution is 2.23. The maximum Gasteiger partial charge on any atom is 0.255 e. The van der Waals surface area contributed by atoms with Gasteiger partial charge in [-0.05, 0) is 45.3 Å². The van der Waals surface area contributed by atoms with E-state index in [4.69, 9.17) is 0 Å². The number of piperidine rings is 1. The predicted octanol–water partition coefficient (Wildman–Crippen LogP) is 1.53. The van der Waals surface area contributed by atoms with Crippen LogP contribution in [-0.4, -0.2) is 60.1 Å². The van der Waals surface area contributed by atoms with Crippen LogP contribution in [0, 0.1) is 0 Å². The van der Waals surface area contributed by atoms with Crippen LogP contribution in [0.2, 0.25) is 0 Å². The standard InChI is InChI=1S/C17H26N2O2/c1-18(2)14-17(21)11-7-13-19(16(17)20)12-6-10-15-8-4-3-5-9-15/h3-5,8-9,21H,6-7,10-14H2,1-2H3/t17-/m1/s1. The Hall–Kier alpha value is -1.39. The summed E-state index contributed by atoms with van der Waals surface area (Å²) in [4.78, 5) is 16.2. The zero-order valence-electron chi connectivity index (χ0n) is 13.1. The molecule has 0 unspecified atom stereocenters. The molecule has 1 aliphatic rings. The van der Waals surface area contributed by atoms with Crippen LogP contribution < -0.4 is 0 Å². The summed E-state index contributed by atoms with van der Waals surface area (Å²) in [6, 6.07) is 10.3. The van der Waals surface area contributed by atoms with Gasteiger partial charge in [-0.1, -0.05) is 30.3 Å². The molecule has 0 spiro atoms. The molecule has 2 rings (SSSR count). The van der Waals surface area contributed by atoms with Crippen LogP contribution in [0.4, 0.5) is 0 Å². The summed E-state index contributed by atoms with van der Waals surface area (Å²) in [5, 5.41) is 10.6. The molecule has 0 bridgehead atoms. The fourth-order valence-corrected chi connectivity index (χ4v) is 3.07. The van der Waals surface area contributed by atoms with Crippen molar-refractivity contribution >= 4 is 5.91 Å². The Morgan fingerprint density at radius 2 is 2.00 bits per heavy atom. The Morgan fingerprint density at radius 3 is 2.67 bits per heavy atom. The van der Waals surface area contributed by atoms with E-state index in [1.165, 1.54) is 5.56 Å². The summed E-state index contributed by atoms with van der Waals surface area (Å²) < 4.78 is 0. The van der Waals surface area contributed by atoms with Gasteiger partial charge in [0.1, 0.15) is 0 Å². The number of amides is 1. The molecule has 4 nitrogen and oxygen atoms in total. The monoisotopic (exact) mass is 290 g/mol. The fourth-order valence-electron chi connectivity index (χ4n) is 3.07. The number of benzene rings is 1. The van der Waals surface area contributed by atoms with E-state index in [-0.39, 0.29) is 5.91 Å². The number of carbonyl (C=O) groups is 1. The maximum atomic E-state index is 12.5. The van der Waals surface area contributed by atoms with Crippen molar-refractivity contribution in [1.82, 2.24) is 9.80 Å². The van der Waals surface area contributed by atoms with Gasteiger partial charge in [0.15, 0.2) is 5.60 Å². The molecular weight excluding hydrogens is 264 g/mol. The zero-order chi connectivity index (χ0) is 15.3. The minimum Gasteiger partial charge on any atom is -0.379 e. The van der Waals surface area contributed by atoms with Crippen molar-refractivity contribution in [2.24, 2.45) is 0 Å². The van der Waals surface area contributed by atoms with Gasteiger partial charge in [-0.3, -0.25) is 4.79 Å². The summed E-state index contributed by atoms with van der Waals surface area (Å²) in [6.45, 7) is 1.90. The van der Waals surface area contributed by atoms with Gasteiger partial charge in [0, 0.05) is 19.6 Å². The van der Waals surface area contributed by atoms with Gasteiger partial charge in [0.05, 0.1) is 0 Å². The average Bonchev–Trinajstić information content (AvgIpc) is 2.44. The average molecular weight is 290 g/mol. The SMILES string of the molecule is CN(C)C[C@]1(O)CCCN(CCCc2ccccc2)C1=O. The van der Waals surface area contributed by atoms with E-state index in [0.29, 0.717) is 13.0 Å². The second kappa shape index (κ2) is 7.05. The molecule has 1 amide bonds. The highest BCUT2D eigenvalue weighted by Gasteiger charge is 2.42. The highest BCUT2D eigenvalue weighted by atomic mass is 16.3. The van der Waals surface area contributed by atoms with E-state index < -0.39 is 5.60 Å². The smallest absolute Gasteiger partial charge is 0.255 e. The molecule has 0 saturated carbocycles. The van der Waals surface area contributed by atoms with Crippen molar-refractivity contribution in [3.8, 4) is 0 Å². The summed E-state index contributed by atoms with van der Waals surface area (Å²) in [6.07, 6.45) is 3.35. The molecule has 1 heterocycles. The van der Waals surface area contributed by atoms with Crippen molar-refractivity contribution in [3.05, 3.63) is 35.9 Å². The lowest BCUT2D eigenvalue weighted by molar-refractivity contribution is -0.158. The second-order valence-electron chi connectivity index (χ2n) is 6.25. The molecule has 1 aromatic rings. The molecule has 21 heavy (non-hydrogen) atoms. The van der Waals surface area contributed by atoms with Gasteiger partial charge >= 0.3 is 0 Å². The summed E-state index contributed by atoms with van der Waals surface area (Å²) in [5.41, 5.74) is 0.0969. The van der Waals surface area contributed by atoms with Crippen LogP contribution in [0.1, 0.15) is 24.8 Å². The van der Waals surface area contributed by atoms with Crippen molar-refractivity contribution in [3.63, 3.8) is 0 Å². The molecule has 1 N–H and O–H groups in total. The first-order valence-corrected chi connectivity index (χ1v) is 7.72. The van der Waals surface area contributed by atoms with Crippen LogP contribution in [0.5, 0.6) is 0 Å². The summed E-state index contributed by atoms with van der Waals surface area (Å²) >= 11 is 0. The van der Waals surface area contributed by atoms with Crippen molar-refractivity contribution in [2.75, 3.05) is 33.7 Å². The van der Waals surface area contributed by atoms with Crippen LogP contribution in [0.25, 0.3) is 0 Å². The van der Waals surface area contributed by atoms with E-state index in [2.05, 4.69) is 12.1 Å². The lowest BCUT2D eigenvalue weighted by atomic mass is 9.91. The van der Waals surface area contributed by atoms with E-state index >= 15 is 0 Å². The highest BCUT2D eigenvalue weighted by molar-refractivity contribution is 5.86. The molecule has 0 aliphatic carbocycles. The number of carbonyl (C=O) groups excluding carboxylic acids is 1. The number of aliphatic hydroxyl groups is 1. The van der Waals surface area contributed by atoms with E-state index in [1.807, 2.05) is 42.1 Å². The largest absolute Gasteiger partial charge is 0.379 e. The number of likely N-dealkylation sites (N-methyl/N-ethyl adjacent to an activating group) is 1. The molecular formula is C17H26N2O2. The summed E-state index contributed by atoms with van der Waals surface area (Å²) in [5.74, 6) is -0.101. The Balaban J connectivity index is 1.87. The van der Waals surface area contributed by atoms with E-state index in [9.17, 15) is 9.90 Å². The predicted molar refractivity (Wildman–Crippen MR) is 84.1 cm³/mol. The Kier molecular flexibility index (Phi) is 5.37. The minimum absolute atomic E-state index is 0.101. The first-order valence-electron chi connectivity index (χ1n) is 7.72. The van der Waals surface area contributed by atoms with Crippen molar-refractivity contribution in [1.29, 1.82) is 0 Å². The normalized spacial score (nSPS) is 22.9. The number of likely N-dealkylation sites (tertiary alicyclic amines) is 1. The summed E-state index contributed by atoms with van der Waals surface area (Å²) in [7, 11) is 3.78. The lowest BCUT2D eigenvalue weighted by Crippen LogP contribution is -2.57. The quantitative estimate of drug-likeness (QED) is 0.864. The molecule has 1 atom stereocenters. The molecule has 116 valence electrons. The van der Waals surface area contributed by atoms with Gasteiger partial charge in [-0.2, -0.15) is 0 Å². The van der Waals surface area contributed by atoms with Gasteiger partial charge in [0.2, 0.25) is 0 Å². The van der Waals surface area contributed by atoms with Gasteiger partial charge in [0.25, 0.3) is 5.91 Å². The Morgan fingerprint density at radius 1 is 1.29 bits per heavy atom. The molecule has 0 aromatic heterocycles. The van der Waals surface area contributed by atoms with Gasteiger partial charge < -0.3 is 14.9 Å². The molecule has 1 fully saturated rings. The Bertz CT molecular complexity index is 461. The van der Waals surface area contributed by atoms with E-state index in [0.717, 1.165) is 32.4 Å². The first kappa shape index (κ1) is 16.0. The van der Waals surface area contributed by atoms with E-state index in [1.54, 1.807) is 0 Å². The number of aryl methyl sites for hydroxylation is 1. The molecule has 0 radical (unpaired) electrons. The Labute approximate surface area is 127 Å². The lowest BCUT2D eigenvalue weighted by Gasteiger charge is -2.39. The molecule has 4 heteroatoms. The molecule has 1 aromatic carbocycles. The van der Waals surface area contributed by atoms with Gasteiger partial charge in [-0.15, -0.1) is 0 Å². The second-order valence-corrected chi connectivity index (χ2v) is 6.25. The third kappa shape index (κ3) is 4.29. The molecule has 1 saturated heterocycles. The zero-order valence-corrected chi connectivity index (χ0v) is 13.1. The first-order chi connectivity index (χ1) is 10.0. The van der Waals surface area contributed by atoms with Crippen LogP contribution in [0.15, 0.2) is 30.3 Å². The third-order valence-corrected chi connectivity index (χ3v) is 4.02. The van der Waals surface area contributed by atoms with Crippen molar-refractivity contribution < 1.29 is 9.90 Å². The fraction of sp³-hybridized carbons (Fsp3) is 0.588. The number of nitrogens with zero attached hydrogens (tertiary/aromatic N) is 2. The van der Waals surface area contributed by atoms with Crippen LogP contribution in [-0.2, 0) is 11.2 Å². The van der Waals surface area contributed by atoms with Crippen LogP contribution in [0.3, 0.4) is 0 Å². The number of rotatable bonds is 6. The molecule has 1 aliphatic heterocycles. The topological polar surface area (TPSA) is 43.8 Å². The van der Waals surface area contributed by atoms with Crippen LogP contribution >= 0.6 is 0 Å². The maximum absolute atomic E-state index is 12.5. The third-order valence-electron chi connectivity index (χ3n) is 4.02. The number of hydrogen-bond donors (Lipinski definition) is 1.